The lowest BCUT2D eigenvalue weighted by molar-refractivity contribution is 0.943. The van der Waals surface area contributed by atoms with Gasteiger partial charge in [-0.25, -0.2) is 4.99 Å². The van der Waals surface area contributed by atoms with Gasteiger partial charge >= 0.3 is 0 Å². The average Bonchev–Trinajstić information content (AvgIpc) is 2.72. The van der Waals surface area contributed by atoms with Gasteiger partial charge in [-0.1, -0.05) is 18.2 Å². The number of amidine groups is 1. The summed E-state index contributed by atoms with van der Waals surface area (Å²) in [6.45, 7) is 0. The van der Waals surface area contributed by atoms with Crippen molar-refractivity contribution in [1.29, 1.82) is 0 Å². The molecule has 1 aliphatic rings. The molecule has 72 valence electrons. The summed E-state index contributed by atoms with van der Waals surface area (Å²) in [4.78, 5) is 5.44. The molecule has 1 aromatic rings. The number of thiophene rings is 1. The molecule has 1 aromatic heterocycles. The molecule has 0 aliphatic heterocycles. The average molecular weight is 204 g/mol. The predicted molar refractivity (Wildman–Crippen MR) is 61.5 cm³/mol. The highest BCUT2D eigenvalue weighted by molar-refractivity contribution is 7.12. The van der Waals surface area contributed by atoms with Crippen LogP contribution in [0.5, 0.6) is 0 Å². The summed E-state index contributed by atoms with van der Waals surface area (Å²) in [6.07, 6.45) is 8.24. The van der Waals surface area contributed by atoms with Gasteiger partial charge in [0.25, 0.3) is 0 Å². The van der Waals surface area contributed by atoms with Crippen molar-refractivity contribution >= 4 is 17.2 Å². The zero-order chi connectivity index (χ0) is 9.80. The Morgan fingerprint density at radius 3 is 3.07 bits per heavy atom. The predicted octanol–water partition coefficient (Wildman–Crippen LogP) is 2.69. The van der Waals surface area contributed by atoms with Gasteiger partial charge in [-0.05, 0) is 30.4 Å². The van der Waals surface area contributed by atoms with Crippen LogP contribution >= 0.6 is 11.3 Å². The highest BCUT2D eigenvalue weighted by atomic mass is 32.1. The second-order valence-electron chi connectivity index (χ2n) is 3.10. The van der Waals surface area contributed by atoms with Crippen LogP contribution in [-0.2, 0) is 0 Å². The fourth-order valence-electron chi connectivity index (χ4n) is 1.32. The van der Waals surface area contributed by atoms with Crippen LogP contribution in [0.2, 0.25) is 0 Å². The molecule has 0 amide bonds. The van der Waals surface area contributed by atoms with Crippen molar-refractivity contribution in [1.82, 2.24) is 0 Å². The second kappa shape index (κ2) is 4.24. The fraction of sp³-hybridized carbons (Fsp3) is 0.182. The highest BCUT2D eigenvalue weighted by Crippen LogP contribution is 2.15. The lowest BCUT2D eigenvalue weighted by atomic mass is 10.1. The summed E-state index contributed by atoms with van der Waals surface area (Å²) >= 11 is 1.62. The Morgan fingerprint density at radius 1 is 1.50 bits per heavy atom. The summed E-state index contributed by atoms with van der Waals surface area (Å²) in [6, 6.07) is 3.97. The van der Waals surface area contributed by atoms with E-state index in [1.54, 1.807) is 11.3 Å². The number of rotatable bonds is 2. The second-order valence-corrected chi connectivity index (χ2v) is 4.05. The maximum Gasteiger partial charge on any atom is 0.141 e. The van der Waals surface area contributed by atoms with Gasteiger partial charge in [-0.2, -0.15) is 0 Å². The van der Waals surface area contributed by atoms with Crippen molar-refractivity contribution in [3.63, 3.8) is 0 Å². The Labute approximate surface area is 87.5 Å². The smallest absolute Gasteiger partial charge is 0.141 e. The van der Waals surface area contributed by atoms with Crippen LogP contribution in [0.1, 0.15) is 17.7 Å². The quantitative estimate of drug-likeness (QED) is 0.583. The number of hydrogen-bond donors (Lipinski definition) is 1. The third kappa shape index (κ3) is 2.12. The van der Waals surface area contributed by atoms with E-state index in [1.165, 1.54) is 0 Å². The molecular weight excluding hydrogens is 192 g/mol. The van der Waals surface area contributed by atoms with Crippen LogP contribution in [0.15, 0.2) is 46.4 Å². The van der Waals surface area contributed by atoms with Crippen molar-refractivity contribution in [2.45, 2.75) is 12.8 Å². The maximum absolute atomic E-state index is 5.87. The van der Waals surface area contributed by atoms with Crippen molar-refractivity contribution in [3.05, 3.63) is 46.3 Å². The molecule has 0 spiro atoms. The Hall–Kier alpha value is -1.35. The van der Waals surface area contributed by atoms with Gasteiger partial charge in [0.2, 0.25) is 0 Å². The first kappa shape index (κ1) is 9.21. The minimum atomic E-state index is 0.626. The molecule has 3 heteroatoms. The first-order valence-corrected chi connectivity index (χ1v) is 5.48. The van der Waals surface area contributed by atoms with Crippen LogP contribution < -0.4 is 5.73 Å². The van der Waals surface area contributed by atoms with Crippen molar-refractivity contribution in [2.75, 3.05) is 0 Å². The summed E-state index contributed by atoms with van der Waals surface area (Å²) in [5, 5.41) is 2.01. The lowest BCUT2D eigenvalue weighted by Crippen LogP contribution is -2.11. The van der Waals surface area contributed by atoms with Gasteiger partial charge in [-0.15, -0.1) is 11.3 Å². The first-order chi connectivity index (χ1) is 6.86. The van der Waals surface area contributed by atoms with Gasteiger partial charge in [0.1, 0.15) is 5.84 Å². The van der Waals surface area contributed by atoms with E-state index in [9.17, 15) is 0 Å². The molecule has 1 aliphatic carbocycles. The molecule has 0 bridgehead atoms. The maximum atomic E-state index is 5.87. The van der Waals surface area contributed by atoms with E-state index < -0.39 is 0 Å². The molecule has 0 atom stereocenters. The largest absolute Gasteiger partial charge is 0.383 e. The molecule has 14 heavy (non-hydrogen) atoms. The fourth-order valence-corrected chi connectivity index (χ4v) is 1.94. The van der Waals surface area contributed by atoms with Crippen molar-refractivity contribution in [2.24, 2.45) is 10.7 Å². The first-order valence-electron chi connectivity index (χ1n) is 4.60. The van der Waals surface area contributed by atoms with E-state index in [2.05, 4.69) is 11.1 Å². The molecule has 2 nitrogen and oxygen atoms in total. The van der Waals surface area contributed by atoms with Gasteiger partial charge in [-0.3, -0.25) is 0 Å². The van der Waals surface area contributed by atoms with Gasteiger partial charge < -0.3 is 5.73 Å². The molecule has 0 saturated carbocycles. The van der Waals surface area contributed by atoms with E-state index >= 15 is 0 Å². The lowest BCUT2D eigenvalue weighted by Gasteiger charge is -2.04. The molecule has 0 fully saturated rings. The SMILES string of the molecule is NC(=NC1=CC=CCC1)c1cccs1. The van der Waals surface area contributed by atoms with E-state index in [0.29, 0.717) is 5.84 Å². The highest BCUT2D eigenvalue weighted by Gasteiger charge is 2.02. The molecule has 0 saturated heterocycles. The van der Waals surface area contributed by atoms with E-state index in [-0.39, 0.29) is 0 Å². The van der Waals surface area contributed by atoms with Crippen LogP contribution in [0.25, 0.3) is 0 Å². The molecule has 0 aromatic carbocycles. The topological polar surface area (TPSA) is 38.4 Å². The number of nitrogens with zero attached hydrogens (tertiary/aromatic N) is 1. The minimum absolute atomic E-state index is 0.626. The van der Waals surface area contributed by atoms with Crippen molar-refractivity contribution in [3.8, 4) is 0 Å². The molecule has 0 radical (unpaired) electrons. The monoisotopic (exact) mass is 204 g/mol. The van der Waals surface area contributed by atoms with E-state index in [1.807, 2.05) is 29.7 Å². The van der Waals surface area contributed by atoms with Crippen LogP contribution in [0.3, 0.4) is 0 Å². The molecular formula is C11H12N2S. The molecule has 2 N–H and O–H groups in total. The normalized spacial score (nSPS) is 16.9. The Bertz CT molecular complexity index is 385. The van der Waals surface area contributed by atoms with Gasteiger partial charge in [0, 0.05) is 5.70 Å². The van der Waals surface area contributed by atoms with E-state index in [0.717, 1.165) is 23.4 Å². The van der Waals surface area contributed by atoms with Gasteiger partial charge in [0.05, 0.1) is 4.88 Å². The summed E-state index contributed by atoms with van der Waals surface area (Å²) in [5.74, 6) is 0.626. The van der Waals surface area contributed by atoms with E-state index in [4.69, 9.17) is 5.73 Å². The Balaban J connectivity index is 2.18. The third-order valence-electron chi connectivity index (χ3n) is 2.03. The van der Waals surface area contributed by atoms with Crippen LogP contribution in [0, 0.1) is 0 Å². The van der Waals surface area contributed by atoms with Crippen molar-refractivity contribution < 1.29 is 0 Å². The standard InChI is InChI=1S/C11H12N2S/c12-11(10-7-4-8-14-10)13-9-5-2-1-3-6-9/h1-2,4-5,7-8H,3,6H2,(H2,12,13). The number of hydrogen-bond acceptors (Lipinski definition) is 2. The molecule has 1 heterocycles. The number of allylic oxidation sites excluding steroid dienone is 4. The van der Waals surface area contributed by atoms with Crippen LogP contribution in [-0.4, -0.2) is 5.84 Å². The summed E-state index contributed by atoms with van der Waals surface area (Å²) in [5.41, 5.74) is 6.93. The zero-order valence-corrected chi connectivity index (χ0v) is 8.63. The Kier molecular flexibility index (Phi) is 2.79. The number of aliphatic imine (C=N–C) groups is 1. The molecule has 0 unspecified atom stereocenters. The summed E-state index contributed by atoms with van der Waals surface area (Å²) in [7, 11) is 0. The number of nitrogens with two attached hydrogens (primary N) is 1. The summed E-state index contributed by atoms with van der Waals surface area (Å²) < 4.78 is 0. The molecule has 2 rings (SSSR count). The third-order valence-corrected chi connectivity index (χ3v) is 2.92. The zero-order valence-electron chi connectivity index (χ0n) is 7.81. The van der Waals surface area contributed by atoms with Crippen LogP contribution in [0.4, 0.5) is 0 Å². The van der Waals surface area contributed by atoms with Gasteiger partial charge in [0.15, 0.2) is 0 Å². The minimum Gasteiger partial charge on any atom is -0.383 e. The Morgan fingerprint density at radius 2 is 2.43 bits per heavy atom.